The fraction of sp³-hybridized carbons (Fsp3) is 0.364. The van der Waals surface area contributed by atoms with Gasteiger partial charge in [-0.1, -0.05) is 24.3 Å². The normalized spacial score (nSPS) is 11.6. The van der Waals surface area contributed by atoms with E-state index in [4.69, 9.17) is 9.47 Å². The third-order valence-corrected chi connectivity index (χ3v) is 4.68. The van der Waals surface area contributed by atoms with Gasteiger partial charge in [0, 0.05) is 13.1 Å². The van der Waals surface area contributed by atoms with Crippen molar-refractivity contribution >= 4 is 11.8 Å². The van der Waals surface area contributed by atoms with Gasteiger partial charge in [0.15, 0.2) is 0 Å². The number of nitrogens with one attached hydrogen (secondary N) is 2. The molecule has 0 aromatic heterocycles. The van der Waals surface area contributed by atoms with Crippen molar-refractivity contribution in [2.75, 3.05) is 27.3 Å². The molecule has 0 atom stereocenters. The number of hydrogen-bond acceptors (Lipinski definition) is 4. The number of amides is 2. The second-order valence-corrected chi connectivity index (χ2v) is 6.86. The Morgan fingerprint density at radius 1 is 0.688 bits per heavy atom. The molecule has 2 aromatic rings. The maximum atomic E-state index is 14.1. The van der Waals surface area contributed by atoms with Crippen molar-refractivity contribution in [2.24, 2.45) is 0 Å². The molecule has 2 rings (SSSR count). The van der Waals surface area contributed by atoms with Crippen LogP contribution in [0.25, 0.3) is 0 Å². The molecule has 0 bridgehead atoms. The first-order valence-corrected chi connectivity index (χ1v) is 9.70. The molecule has 0 aliphatic heterocycles. The first kappa shape index (κ1) is 25.0. The summed E-state index contributed by atoms with van der Waals surface area (Å²) < 4.78 is 66.2. The van der Waals surface area contributed by atoms with Gasteiger partial charge in [0.1, 0.15) is 11.5 Å². The molecule has 32 heavy (non-hydrogen) atoms. The van der Waals surface area contributed by atoms with Crippen LogP contribution in [0.4, 0.5) is 17.6 Å². The highest BCUT2D eigenvalue weighted by Gasteiger charge is 2.66. The molecule has 0 spiro atoms. The zero-order chi connectivity index (χ0) is 23.8. The number of halogens is 4. The molecule has 0 unspecified atom stereocenters. The van der Waals surface area contributed by atoms with Crippen LogP contribution in [0.2, 0.25) is 0 Å². The molecule has 0 aliphatic carbocycles. The third-order valence-electron chi connectivity index (χ3n) is 4.68. The Morgan fingerprint density at radius 3 is 1.28 bits per heavy atom. The lowest BCUT2D eigenvalue weighted by Crippen LogP contribution is -2.59. The summed E-state index contributed by atoms with van der Waals surface area (Å²) in [4.78, 5) is 23.4. The molecule has 0 radical (unpaired) electrons. The summed E-state index contributed by atoms with van der Waals surface area (Å²) in [6.07, 6.45) is 0.261. The standard InChI is InChI=1S/C22H24F4N2O4/c1-31-17-7-3-15(4-8-17)11-13-27-19(29)21(23,24)22(25,26)20(30)28-14-12-16-5-9-18(32-2)10-6-16/h3-10H,11-14H2,1-2H3,(H,27,29)(H,28,30). The van der Waals surface area contributed by atoms with Gasteiger partial charge in [0.25, 0.3) is 11.8 Å². The number of rotatable bonds is 11. The number of benzene rings is 2. The molecule has 10 heteroatoms. The minimum absolute atomic E-state index is 0.130. The van der Waals surface area contributed by atoms with Gasteiger partial charge in [-0.25, -0.2) is 0 Å². The maximum Gasteiger partial charge on any atom is 0.395 e. The lowest BCUT2D eigenvalue weighted by atomic mass is 10.1. The van der Waals surface area contributed by atoms with E-state index in [1.54, 1.807) is 59.2 Å². The molecule has 0 heterocycles. The quantitative estimate of drug-likeness (QED) is 0.510. The lowest BCUT2D eigenvalue weighted by molar-refractivity contribution is -0.211. The molecule has 2 N–H and O–H groups in total. The van der Waals surface area contributed by atoms with Gasteiger partial charge in [-0.05, 0) is 48.2 Å². The Hall–Kier alpha value is -3.30. The molecule has 0 fully saturated rings. The Labute approximate surface area is 182 Å². The largest absolute Gasteiger partial charge is 0.497 e. The number of methoxy groups -OCH3 is 2. The highest BCUT2D eigenvalue weighted by Crippen LogP contribution is 2.34. The topological polar surface area (TPSA) is 76.7 Å². The first-order valence-electron chi connectivity index (χ1n) is 9.70. The van der Waals surface area contributed by atoms with Gasteiger partial charge >= 0.3 is 11.8 Å². The molecule has 0 saturated heterocycles. The summed E-state index contributed by atoms with van der Waals surface area (Å²) >= 11 is 0. The highest BCUT2D eigenvalue weighted by atomic mass is 19.3. The molecule has 174 valence electrons. The monoisotopic (exact) mass is 456 g/mol. The Morgan fingerprint density at radius 2 is 1.00 bits per heavy atom. The second kappa shape index (κ2) is 10.8. The predicted molar refractivity (Wildman–Crippen MR) is 109 cm³/mol. The van der Waals surface area contributed by atoms with Crippen molar-refractivity contribution in [2.45, 2.75) is 24.7 Å². The van der Waals surface area contributed by atoms with E-state index in [9.17, 15) is 27.2 Å². The molecule has 2 aromatic carbocycles. The van der Waals surface area contributed by atoms with Crippen molar-refractivity contribution in [1.82, 2.24) is 10.6 Å². The van der Waals surface area contributed by atoms with Crippen molar-refractivity contribution in [3.63, 3.8) is 0 Å². The van der Waals surface area contributed by atoms with E-state index < -0.39 is 23.7 Å². The fourth-order valence-electron chi connectivity index (χ4n) is 2.73. The average Bonchev–Trinajstić information content (AvgIpc) is 2.79. The molecular weight excluding hydrogens is 432 g/mol. The van der Waals surface area contributed by atoms with Gasteiger partial charge in [-0.3, -0.25) is 9.59 Å². The van der Waals surface area contributed by atoms with Gasteiger partial charge < -0.3 is 20.1 Å². The predicted octanol–water partition coefficient (Wildman–Crippen LogP) is 2.99. The molecule has 0 saturated carbocycles. The number of alkyl halides is 4. The van der Waals surface area contributed by atoms with Gasteiger partial charge in [-0.2, -0.15) is 17.6 Å². The van der Waals surface area contributed by atoms with Crippen LogP contribution in [0.3, 0.4) is 0 Å². The summed E-state index contributed by atoms with van der Waals surface area (Å²) in [6.45, 7) is -0.619. The van der Waals surface area contributed by atoms with Crippen LogP contribution in [0, 0.1) is 0 Å². The highest BCUT2D eigenvalue weighted by molar-refractivity contribution is 5.95. The van der Waals surface area contributed by atoms with E-state index in [0.29, 0.717) is 22.6 Å². The van der Waals surface area contributed by atoms with Crippen LogP contribution in [0.5, 0.6) is 11.5 Å². The van der Waals surface area contributed by atoms with Crippen molar-refractivity contribution in [3.05, 3.63) is 59.7 Å². The van der Waals surface area contributed by atoms with Crippen LogP contribution in [-0.4, -0.2) is 51.0 Å². The summed E-state index contributed by atoms with van der Waals surface area (Å²) in [5.74, 6) is -13.7. The van der Waals surface area contributed by atoms with Crippen molar-refractivity contribution in [3.8, 4) is 11.5 Å². The first-order chi connectivity index (χ1) is 15.1. The lowest BCUT2D eigenvalue weighted by Gasteiger charge is -2.24. The summed E-state index contributed by atoms with van der Waals surface area (Å²) in [5, 5.41) is 3.52. The van der Waals surface area contributed by atoms with Crippen molar-refractivity contribution in [1.29, 1.82) is 0 Å². The minimum Gasteiger partial charge on any atom is -0.497 e. The van der Waals surface area contributed by atoms with E-state index >= 15 is 0 Å². The number of carbonyl (C=O) groups excluding carboxylic acids is 2. The van der Waals surface area contributed by atoms with Crippen LogP contribution in [-0.2, 0) is 22.4 Å². The van der Waals surface area contributed by atoms with E-state index in [0.717, 1.165) is 0 Å². The zero-order valence-electron chi connectivity index (χ0n) is 17.6. The average molecular weight is 456 g/mol. The zero-order valence-corrected chi connectivity index (χ0v) is 17.6. The number of carbonyl (C=O) groups is 2. The smallest absolute Gasteiger partial charge is 0.395 e. The third kappa shape index (κ3) is 6.12. The Balaban J connectivity index is 1.86. The van der Waals surface area contributed by atoms with E-state index in [-0.39, 0.29) is 25.9 Å². The fourth-order valence-corrected chi connectivity index (χ4v) is 2.73. The van der Waals surface area contributed by atoms with E-state index in [2.05, 4.69) is 0 Å². The van der Waals surface area contributed by atoms with Crippen LogP contribution in [0.15, 0.2) is 48.5 Å². The van der Waals surface area contributed by atoms with Crippen LogP contribution >= 0.6 is 0 Å². The SMILES string of the molecule is COc1ccc(CCNC(=O)C(F)(F)C(F)(F)C(=O)NCCc2ccc(OC)cc2)cc1. The van der Waals surface area contributed by atoms with Gasteiger partial charge in [0.05, 0.1) is 14.2 Å². The Bertz CT molecular complexity index is 828. The minimum atomic E-state index is -5.21. The molecule has 6 nitrogen and oxygen atoms in total. The van der Waals surface area contributed by atoms with Gasteiger partial charge in [0.2, 0.25) is 0 Å². The number of hydrogen-bond donors (Lipinski definition) is 2. The van der Waals surface area contributed by atoms with Crippen molar-refractivity contribution < 1.29 is 36.6 Å². The van der Waals surface area contributed by atoms with Crippen LogP contribution < -0.4 is 20.1 Å². The van der Waals surface area contributed by atoms with Crippen LogP contribution in [0.1, 0.15) is 11.1 Å². The van der Waals surface area contributed by atoms with E-state index in [1.165, 1.54) is 14.2 Å². The van der Waals surface area contributed by atoms with Gasteiger partial charge in [-0.15, -0.1) is 0 Å². The molecule has 2 amide bonds. The second-order valence-electron chi connectivity index (χ2n) is 6.86. The summed E-state index contributed by atoms with van der Waals surface area (Å²) in [5.41, 5.74) is 1.36. The summed E-state index contributed by atoms with van der Waals surface area (Å²) in [7, 11) is 2.96. The Kier molecular flexibility index (Phi) is 8.45. The van der Waals surface area contributed by atoms with E-state index in [1.807, 2.05) is 0 Å². The maximum absolute atomic E-state index is 14.1. The molecular formula is C22H24F4N2O4. The number of ether oxygens (including phenoxy) is 2. The molecule has 0 aliphatic rings. The summed E-state index contributed by atoms with van der Waals surface area (Å²) in [6, 6.07) is 13.1.